The van der Waals surface area contributed by atoms with Crippen LogP contribution in [0.4, 0.5) is 0 Å². The first-order chi connectivity index (χ1) is 7.79. The van der Waals surface area contributed by atoms with Crippen LogP contribution in [0.25, 0.3) is 0 Å². The van der Waals surface area contributed by atoms with E-state index in [2.05, 4.69) is 19.1 Å². The van der Waals surface area contributed by atoms with Crippen molar-refractivity contribution in [3.05, 3.63) is 35.9 Å². The average molecular weight is 217 g/mol. The fourth-order valence-electron chi connectivity index (χ4n) is 2.41. The minimum Gasteiger partial charge on any atom is -0.338 e. The molecule has 1 saturated heterocycles. The normalized spacial score (nSPS) is 20.4. The molecule has 1 atom stereocenters. The largest absolute Gasteiger partial charge is 0.338 e. The molecule has 16 heavy (non-hydrogen) atoms. The molecule has 0 aromatic heterocycles. The van der Waals surface area contributed by atoms with Crippen molar-refractivity contribution in [2.75, 3.05) is 6.54 Å². The highest BCUT2D eigenvalue weighted by atomic mass is 16.2. The fourth-order valence-corrected chi connectivity index (χ4v) is 2.41. The van der Waals surface area contributed by atoms with E-state index in [1.165, 1.54) is 18.4 Å². The number of nitrogens with zero attached hydrogens (tertiary/aromatic N) is 1. The highest BCUT2D eigenvalue weighted by Gasteiger charge is 2.28. The topological polar surface area (TPSA) is 20.3 Å². The molecule has 1 aliphatic rings. The smallest absolute Gasteiger partial charge is 0.223 e. The predicted molar refractivity (Wildman–Crippen MR) is 64.9 cm³/mol. The molecular weight excluding hydrogens is 198 g/mol. The lowest BCUT2D eigenvalue weighted by atomic mass is 10.0. The van der Waals surface area contributed by atoms with Crippen LogP contribution in [-0.2, 0) is 11.3 Å². The molecule has 0 spiro atoms. The summed E-state index contributed by atoms with van der Waals surface area (Å²) in [7, 11) is 0. The molecule has 0 bridgehead atoms. The number of carbonyl (C=O) groups excluding carboxylic acids is 1. The van der Waals surface area contributed by atoms with Gasteiger partial charge in [-0.25, -0.2) is 0 Å². The second kappa shape index (κ2) is 5.15. The first-order valence-electron chi connectivity index (χ1n) is 6.11. The molecule has 1 amide bonds. The lowest BCUT2D eigenvalue weighted by Gasteiger charge is -2.16. The van der Waals surface area contributed by atoms with Gasteiger partial charge in [-0.3, -0.25) is 4.79 Å². The Morgan fingerprint density at radius 2 is 2.06 bits per heavy atom. The Balaban J connectivity index is 1.94. The maximum absolute atomic E-state index is 11.8. The lowest BCUT2D eigenvalue weighted by molar-refractivity contribution is -0.128. The summed E-state index contributed by atoms with van der Waals surface area (Å²) in [6, 6.07) is 10.2. The second-order valence-electron chi connectivity index (χ2n) is 4.62. The van der Waals surface area contributed by atoms with Crippen LogP contribution in [-0.4, -0.2) is 17.4 Å². The second-order valence-corrected chi connectivity index (χ2v) is 4.62. The molecule has 1 fully saturated rings. The van der Waals surface area contributed by atoms with E-state index in [1.807, 2.05) is 23.1 Å². The maximum Gasteiger partial charge on any atom is 0.223 e. The molecule has 0 saturated carbocycles. The first kappa shape index (κ1) is 11.2. The number of hydrogen-bond donors (Lipinski definition) is 0. The molecule has 2 heteroatoms. The van der Waals surface area contributed by atoms with Crippen LogP contribution in [0.5, 0.6) is 0 Å². The van der Waals surface area contributed by atoms with Gasteiger partial charge in [-0.05, 0) is 17.9 Å². The Labute approximate surface area is 97.3 Å². The minimum absolute atomic E-state index is 0.322. The minimum atomic E-state index is 0.322. The summed E-state index contributed by atoms with van der Waals surface area (Å²) < 4.78 is 0. The quantitative estimate of drug-likeness (QED) is 0.759. The summed E-state index contributed by atoms with van der Waals surface area (Å²) in [5, 5.41) is 0. The van der Waals surface area contributed by atoms with Gasteiger partial charge in [0.25, 0.3) is 0 Å². The van der Waals surface area contributed by atoms with E-state index in [-0.39, 0.29) is 0 Å². The molecule has 1 heterocycles. The van der Waals surface area contributed by atoms with Crippen LogP contribution in [0.15, 0.2) is 30.3 Å². The van der Waals surface area contributed by atoms with Crippen molar-refractivity contribution in [3.8, 4) is 0 Å². The molecule has 1 aliphatic heterocycles. The van der Waals surface area contributed by atoms with E-state index in [9.17, 15) is 4.79 Å². The molecule has 2 nitrogen and oxygen atoms in total. The van der Waals surface area contributed by atoms with Gasteiger partial charge < -0.3 is 4.90 Å². The summed E-state index contributed by atoms with van der Waals surface area (Å²) in [4.78, 5) is 13.8. The molecule has 0 N–H and O–H groups in total. The maximum atomic E-state index is 11.8. The van der Waals surface area contributed by atoms with Crippen LogP contribution in [0.1, 0.15) is 31.7 Å². The number of benzene rings is 1. The highest BCUT2D eigenvalue weighted by Crippen LogP contribution is 2.23. The van der Waals surface area contributed by atoms with Crippen molar-refractivity contribution in [2.45, 2.75) is 32.7 Å². The van der Waals surface area contributed by atoms with Crippen molar-refractivity contribution in [2.24, 2.45) is 5.92 Å². The van der Waals surface area contributed by atoms with Gasteiger partial charge >= 0.3 is 0 Å². The van der Waals surface area contributed by atoms with Crippen molar-refractivity contribution in [1.29, 1.82) is 0 Å². The van der Waals surface area contributed by atoms with Crippen LogP contribution in [0.3, 0.4) is 0 Å². The van der Waals surface area contributed by atoms with E-state index in [0.717, 1.165) is 19.5 Å². The number of carbonyl (C=O) groups is 1. The number of amides is 1. The van der Waals surface area contributed by atoms with Crippen LogP contribution in [0, 0.1) is 5.92 Å². The van der Waals surface area contributed by atoms with Gasteiger partial charge in [0.15, 0.2) is 0 Å². The van der Waals surface area contributed by atoms with Crippen molar-refractivity contribution < 1.29 is 4.79 Å². The van der Waals surface area contributed by atoms with Crippen LogP contribution >= 0.6 is 0 Å². The fraction of sp³-hybridized carbons (Fsp3) is 0.500. The number of likely N-dealkylation sites (tertiary alicyclic amines) is 1. The van der Waals surface area contributed by atoms with Gasteiger partial charge in [-0.1, -0.05) is 43.7 Å². The van der Waals surface area contributed by atoms with E-state index in [1.54, 1.807) is 0 Å². The molecule has 1 aromatic rings. The van der Waals surface area contributed by atoms with E-state index >= 15 is 0 Å². The Morgan fingerprint density at radius 1 is 1.31 bits per heavy atom. The Bertz CT molecular complexity index is 347. The summed E-state index contributed by atoms with van der Waals surface area (Å²) >= 11 is 0. The van der Waals surface area contributed by atoms with Crippen molar-refractivity contribution >= 4 is 5.91 Å². The monoisotopic (exact) mass is 217 g/mol. The zero-order chi connectivity index (χ0) is 11.4. The third-order valence-corrected chi connectivity index (χ3v) is 3.21. The lowest BCUT2D eigenvalue weighted by Crippen LogP contribution is -2.24. The molecule has 0 unspecified atom stereocenters. The summed E-state index contributed by atoms with van der Waals surface area (Å²) in [6.45, 7) is 3.91. The molecule has 0 aliphatic carbocycles. The van der Waals surface area contributed by atoms with E-state index < -0.39 is 0 Å². The number of rotatable bonds is 4. The molecule has 0 radical (unpaired) electrons. The van der Waals surface area contributed by atoms with Crippen LogP contribution < -0.4 is 0 Å². The van der Waals surface area contributed by atoms with Crippen LogP contribution in [0.2, 0.25) is 0 Å². The summed E-state index contributed by atoms with van der Waals surface area (Å²) in [5.41, 5.74) is 1.23. The average Bonchev–Trinajstić information content (AvgIpc) is 2.61. The Hall–Kier alpha value is -1.31. The van der Waals surface area contributed by atoms with E-state index in [0.29, 0.717) is 11.8 Å². The van der Waals surface area contributed by atoms with Gasteiger partial charge in [0.05, 0.1) is 0 Å². The molecular formula is C14H19NO. The molecule has 1 aromatic carbocycles. The zero-order valence-corrected chi connectivity index (χ0v) is 9.86. The first-order valence-corrected chi connectivity index (χ1v) is 6.11. The van der Waals surface area contributed by atoms with Crippen molar-refractivity contribution in [3.63, 3.8) is 0 Å². The number of hydrogen-bond acceptors (Lipinski definition) is 1. The summed E-state index contributed by atoms with van der Waals surface area (Å²) in [6.07, 6.45) is 3.11. The van der Waals surface area contributed by atoms with Crippen molar-refractivity contribution in [1.82, 2.24) is 4.90 Å². The highest BCUT2D eigenvalue weighted by molar-refractivity contribution is 5.78. The van der Waals surface area contributed by atoms with Gasteiger partial charge in [-0.15, -0.1) is 0 Å². The third kappa shape index (κ3) is 2.63. The standard InChI is InChI=1S/C14H19NO/c1-2-6-13-9-14(16)15(11-13)10-12-7-4-3-5-8-12/h3-5,7-8,13H,2,6,9-11H2,1H3/t13-/m1/s1. The van der Waals surface area contributed by atoms with Gasteiger partial charge in [0.1, 0.15) is 0 Å². The van der Waals surface area contributed by atoms with Gasteiger partial charge in [0.2, 0.25) is 5.91 Å². The molecule has 2 rings (SSSR count). The van der Waals surface area contributed by atoms with E-state index in [4.69, 9.17) is 0 Å². The Kier molecular flexibility index (Phi) is 3.60. The summed E-state index contributed by atoms with van der Waals surface area (Å²) in [5.74, 6) is 0.906. The third-order valence-electron chi connectivity index (χ3n) is 3.21. The van der Waals surface area contributed by atoms with Gasteiger partial charge in [0, 0.05) is 19.5 Å². The van der Waals surface area contributed by atoms with Gasteiger partial charge in [-0.2, -0.15) is 0 Å². The SMILES string of the molecule is CCC[C@@H]1CC(=O)N(Cc2ccccc2)C1. The predicted octanol–water partition coefficient (Wildman–Crippen LogP) is 2.84. The zero-order valence-electron chi connectivity index (χ0n) is 9.86. The molecule has 86 valence electrons. The Morgan fingerprint density at radius 3 is 2.75 bits per heavy atom.